The third-order valence-electron chi connectivity index (χ3n) is 6.49. The maximum Gasteiger partial charge on any atom is 0.451 e. The highest BCUT2D eigenvalue weighted by Gasteiger charge is 2.40. The second-order valence-electron chi connectivity index (χ2n) is 8.26. The van der Waals surface area contributed by atoms with Crippen molar-refractivity contribution in [3.05, 3.63) is 46.5 Å². The number of halogens is 6. The van der Waals surface area contributed by atoms with Crippen LogP contribution in [0.25, 0.3) is 0 Å². The monoisotopic (exact) mass is 499 g/mol. The van der Waals surface area contributed by atoms with Crippen molar-refractivity contribution in [1.82, 2.24) is 19.7 Å². The summed E-state index contributed by atoms with van der Waals surface area (Å²) in [7, 11) is 0. The van der Waals surface area contributed by atoms with Gasteiger partial charge >= 0.3 is 6.18 Å². The molecule has 2 N–H and O–H groups in total. The molecule has 1 aromatic heterocycles. The van der Waals surface area contributed by atoms with Gasteiger partial charge in [0.15, 0.2) is 0 Å². The third-order valence-corrected chi connectivity index (χ3v) is 6.73. The van der Waals surface area contributed by atoms with Crippen LogP contribution < -0.4 is 5.73 Å². The van der Waals surface area contributed by atoms with Crippen molar-refractivity contribution >= 4 is 36.4 Å². The van der Waals surface area contributed by atoms with E-state index in [1.54, 1.807) is 0 Å². The van der Waals surface area contributed by atoms with Crippen LogP contribution in [0.1, 0.15) is 42.9 Å². The number of hydrogen-bond donors (Lipinski definition) is 1. The van der Waals surface area contributed by atoms with Gasteiger partial charge in [-0.15, -0.1) is 35.0 Å². The predicted molar refractivity (Wildman–Crippen MR) is 119 cm³/mol. The molecule has 31 heavy (non-hydrogen) atoms. The van der Waals surface area contributed by atoms with Crippen LogP contribution in [0.3, 0.4) is 0 Å². The normalized spacial score (nSPS) is 24.1. The Morgan fingerprint density at radius 1 is 1.13 bits per heavy atom. The lowest BCUT2D eigenvalue weighted by atomic mass is 9.66. The molecule has 5 nitrogen and oxygen atoms in total. The van der Waals surface area contributed by atoms with Gasteiger partial charge in [0.05, 0.1) is 6.54 Å². The van der Waals surface area contributed by atoms with Crippen molar-refractivity contribution in [2.75, 3.05) is 19.6 Å². The summed E-state index contributed by atoms with van der Waals surface area (Å²) in [6, 6.07) is 7.97. The summed E-state index contributed by atoms with van der Waals surface area (Å²) in [6.45, 7) is 2.73. The minimum Gasteiger partial charge on any atom is -0.330 e. The van der Waals surface area contributed by atoms with Crippen LogP contribution in [-0.2, 0) is 24.7 Å². The smallest absolute Gasteiger partial charge is 0.330 e. The molecule has 1 saturated carbocycles. The molecule has 0 radical (unpaired) electrons. The number of hydrogen-bond acceptors (Lipinski definition) is 4. The van der Waals surface area contributed by atoms with Crippen molar-refractivity contribution in [1.29, 1.82) is 0 Å². The molecular formula is C20H27Cl3F3N5. The Bertz CT molecular complexity index is 866. The summed E-state index contributed by atoms with van der Waals surface area (Å²) in [5, 5.41) is 7.86. The van der Waals surface area contributed by atoms with E-state index in [-0.39, 0.29) is 36.8 Å². The molecule has 11 heteroatoms. The molecule has 0 bridgehead atoms. The van der Waals surface area contributed by atoms with Crippen LogP contribution in [0.4, 0.5) is 13.2 Å². The summed E-state index contributed by atoms with van der Waals surface area (Å²) in [5.41, 5.74) is 7.35. The standard InChI is InChI=1S/C20H25ClF3N5.2ClH/c21-16-3-1-2-15(10-16)19(13-25)6-4-14(5-7-19)11-28-8-9-29-17(12-28)26-27-18(29)20(22,23)24;;/h1-3,10,14H,4-9,11-13,25H2;2*1H/t14-,19-;;. The van der Waals surface area contributed by atoms with Gasteiger partial charge < -0.3 is 10.3 Å². The number of benzene rings is 1. The fourth-order valence-corrected chi connectivity index (χ4v) is 4.97. The molecule has 0 atom stereocenters. The average molecular weight is 501 g/mol. The quantitative estimate of drug-likeness (QED) is 0.661. The molecule has 1 aromatic carbocycles. The highest BCUT2D eigenvalue weighted by molar-refractivity contribution is 6.30. The second kappa shape index (κ2) is 10.3. The number of rotatable bonds is 4. The Morgan fingerprint density at radius 2 is 1.84 bits per heavy atom. The van der Waals surface area contributed by atoms with E-state index in [1.165, 1.54) is 10.1 Å². The first kappa shape index (κ1) is 26.2. The molecule has 0 saturated heterocycles. The number of nitrogens with two attached hydrogens (primary N) is 1. The van der Waals surface area contributed by atoms with Crippen LogP contribution in [-0.4, -0.2) is 39.3 Å². The molecule has 2 heterocycles. The van der Waals surface area contributed by atoms with E-state index in [1.807, 2.05) is 18.2 Å². The van der Waals surface area contributed by atoms with Gasteiger partial charge in [0, 0.05) is 36.6 Å². The minimum absolute atomic E-state index is 0. The number of alkyl halides is 3. The van der Waals surface area contributed by atoms with Crippen LogP contribution >= 0.6 is 36.4 Å². The fraction of sp³-hybridized carbons (Fsp3) is 0.600. The van der Waals surface area contributed by atoms with Gasteiger partial charge in [-0.25, -0.2) is 0 Å². The maximum atomic E-state index is 13.0. The SMILES string of the molecule is Cl.Cl.NC[C@]1(c2cccc(Cl)c2)CC[C@H](CN2CCn3c(nnc3C(F)(F)F)C2)CC1. The summed E-state index contributed by atoms with van der Waals surface area (Å²) >= 11 is 6.18. The minimum atomic E-state index is -4.46. The third kappa shape index (κ3) is 5.47. The zero-order valence-corrected chi connectivity index (χ0v) is 19.3. The molecule has 0 amide bonds. The molecule has 2 aliphatic rings. The zero-order chi connectivity index (χ0) is 20.6. The van der Waals surface area contributed by atoms with Crippen molar-refractivity contribution < 1.29 is 13.2 Å². The van der Waals surface area contributed by atoms with E-state index in [4.69, 9.17) is 17.3 Å². The Balaban J connectivity index is 0.00000171. The van der Waals surface area contributed by atoms with Crippen molar-refractivity contribution in [2.45, 2.75) is 50.4 Å². The summed E-state index contributed by atoms with van der Waals surface area (Å²) < 4.78 is 40.2. The summed E-state index contributed by atoms with van der Waals surface area (Å²) in [5.74, 6) is 0.0131. The Kier molecular flexibility index (Phi) is 8.66. The van der Waals surface area contributed by atoms with Crippen LogP contribution in [0.15, 0.2) is 24.3 Å². The Hall–Kier alpha value is -1.06. The Labute approximate surface area is 197 Å². The van der Waals surface area contributed by atoms with E-state index < -0.39 is 12.0 Å². The lowest BCUT2D eigenvalue weighted by molar-refractivity contribution is -0.148. The molecule has 2 aromatic rings. The number of aromatic nitrogens is 3. The van der Waals surface area contributed by atoms with E-state index >= 15 is 0 Å². The first-order chi connectivity index (χ1) is 13.8. The fourth-order valence-electron chi connectivity index (χ4n) is 4.78. The summed E-state index contributed by atoms with van der Waals surface area (Å²) in [6.07, 6.45) is -0.377. The molecule has 174 valence electrons. The topological polar surface area (TPSA) is 60.0 Å². The first-order valence-corrected chi connectivity index (χ1v) is 10.4. The zero-order valence-electron chi connectivity index (χ0n) is 16.9. The van der Waals surface area contributed by atoms with Crippen LogP contribution in [0, 0.1) is 5.92 Å². The highest BCUT2D eigenvalue weighted by Crippen LogP contribution is 2.42. The summed E-state index contributed by atoms with van der Waals surface area (Å²) in [4.78, 5) is 2.20. The Morgan fingerprint density at radius 3 is 2.45 bits per heavy atom. The lowest BCUT2D eigenvalue weighted by Gasteiger charge is -2.41. The number of fused-ring (bicyclic) bond motifs is 1. The molecule has 4 rings (SSSR count). The first-order valence-electron chi connectivity index (χ1n) is 9.98. The van der Waals surface area contributed by atoms with Gasteiger partial charge in [0.25, 0.3) is 0 Å². The van der Waals surface area contributed by atoms with Crippen LogP contribution in [0.5, 0.6) is 0 Å². The van der Waals surface area contributed by atoms with E-state index in [9.17, 15) is 13.2 Å². The lowest BCUT2D eigenvalue weighted by Crippen LogP contribution is -2.43. The largest absolute Gasteiger partial charge is 0.451 e. The maximum absolute atomic E-state index is 13.0. The van der Waals surface area contributed by atoms with Gasteiger partial charge in [-0.05, 0) is 49.3 Å². The van der Waals surface area contributed by atoms with Gasteiger partial charge in [-0.1, -0.05) is 23.7 Å². The van der Waals surface area contributed by atoms with Crippen molar-refractivity contribution in [3.8, 4) is 0 Å². The van der Waals surface area contributed by atoms with Crippen molar-refractivity contribution in [3.63, 3.8) is 0 Å². The van der Waals surface area contributed by atoms with Gasteiger partial charge in [0.2, 0.25) is 5.82 Å². The van der Waals surface area contributed by atoms with E-state index in [0.29, 0.717) is 31.4 Å². The highest BCUT2D eigenvalue weighted by atomic mass is 35.5. The predicted octanol–water partition coefficient (Wildman–Crippen LogP) is 4.70. The molecule has 1 aliphatic carbocycles. The van der Waals surface area contributed by atoms with Crippen molar-refractivity contribution in [2.24, 2.45) is 11.7 Å². The second-order valence-corrected chi connectivity index (χ2v) is 8.70. The van der Waals surface area contributed by atoms with E-state index in [2.05, 4.69) is 21.2 Å². The van der Waals surface area contributed by atoms with Gasteiger partial charge in [-0.2, -0.15) is 13.2 Å². The molecular weight excluding hydrogens is 474 g/mol. The average Bonchev–Trinajstić information content (AvgIpc) is 3.12. The molecule has 1 fully saturated rings. The molecule has 0 spiro atoms. The molecule has 0 unspecified atom stereocenters. The van der Waals surface area contributed by atoms with Gasteiger partial charge in [-0.3, -0.25) is 4.90 Å². The van der Waals surface area contributed by atoms with E-state index in [0.717, 1.165) is 37.3 Å². The van der Waals surface area contributed by atoms with Crippen LogP contribution in [0.2, 0.25) is 5.02 Å². The number of nitrogens with zero attached hydrogens (tertiary/aromatic N) is 4. The van der Waals surface area contributed by atoms with Gasteiger partial charge in [0.1, 0.15) is 5.82 Å². The molecule has 1 aliphatic heterocycles.